The zero-order valence-corrected chi connectivity index (χ0v) is 11.3. The number of benzene rings is 1. The number of hydrogen-bond donors (Lipinski definition) is 0. The summed E-state index contributed by atoms with van der Waals surface area (Å²) in [6, 6.07) is 3.89. The SMILES string of the molecule is C=C(C)C(=O)OCC(=O)c1c(C)cc(C)cc1C. The van der Waals surface area contributed by atoms with E-state index < -0.39 is 5.97 Å². The minimum absolute atomic E-state index is 0.181. The first-order valence-corrected chi connectivity index (χ1v) is 5.76. The van der Waals surface area contributed by atoms with Gasteiger partial charge < -0.3 is 4.74 Å². The maximum absolute atomic E-state index is 12.0. The summed E-state index contributed by atoms with van der Waals surface area (Å²) in [6.07, 6.45) is 0. The number of rotatable bonds is 4. The molecule has 1 aromatic carbocycles. The van der Waals surface area contributed by atoms with E-state index in [2.05, 4.69) is 6.58 Å². The molecule has 3 nitrogen and oxygen atoms in total. The Morgan fingerprint density at radius 1 is 1.17 bits per heavy atom. The third-order valence-corrected chi connectivity index (χ3v) is 2.64. The van der Waals surface area contributed by atoms with Gasteiger partial charge in [0.15, 0.2) is 6.61 Å². The predicted molar refractivity (Wildman–Crippen MR) is 70.8 cm³/mol. The van der Waals surface area contributed by atoms with Gasteiger partial charge in [-0.3, -0.25) is 4.79 Å². The van der Waals surface area contributed by atoms with Crippen molar-refractivity contribution < 1.29 is 14.3 Å². The van der Waals surface area contributed by atoms with Crippen LogP contribution in [0.1, 0.15) is 34.0 Å². The van der Waals surface area contributed by atoms with Gasteiger partial charge in [-0.15, -0.1) is 0 Å². The van der Waals surface area contributed by atoms with E-state index >= 15 is 0 Å². The summed E-state index contributed by atoms with van der Waals surface area (Å²) in [4.78, 5) is 23.2. The molecule has 0 aliphatic heterocycles. The molecule has 0 saturated carbocycles. The van der Waals surface area contributed by atoms with Gasteiger partial charge in [0.1, 0.15) is 0 Å². The highest BCUT2D eigenvalue weighted by Crippen LogP contribution is 2.17. The van der Waals surface area contributed by atoms with Crippen molar-refractivity contribution in [3.63, 3.8) is 0 Å². The van der Waals surface area contributed by atoms with Crippen molar-refractivity contribution in [1.82, 2.24) is 0 Å². The zero-order valence-electron chi connectivity index (χ0n) is 11.3. The standard InChI is InChI=1S/C15H18O3/c1-9(2)15(17)18-8-13(16)14-11(4)6-10(3)7-12(14)5/h6-7H,1,8H2,2-5H3. The Hall–Kier alpha value is -1.90. The molecule has 0 saturated heterocycles. The topological polar surface area (TPSA) is 43.4 Å². The second-order valence-corrected chi connectivity index (χ2v) is 4.55. The maximum atomic E-state index is 12.0. The summed E-state index contributed by atoms with van der Waals surface area (Å²) in [7, 11) is 0. The van der Waals surface area contributed by atoms with Gasteiger partial charge in [0.05, 0.1) is 0 Å². The highest BCUT2D eigenvalue weighted by molar-refractivity contribution is 6.01. The highest BCUT2D eigenvalue weighted by Gasteiger charge is 2.15. The summed E-state index contributed by atoms with van der Waals surface area (Å²) in [5.41, 5.74) is 3.85. The minimum atomic E-state index is -0.536. The summed E-state index contributed by atoms with van der Waals surface area (Å²) in [6.45, 7) is 10.5. The molecule has 1 rings (SSSR count). The molecule has 0 heterocycles. The number of aryl methyl sites for hydroxylation is 3. The maximum Gasteiger partial charge on any atom is 0.333 e. The van der Waals surface area contributed by atoms with Gasteiger partial charge >= 0.3 is 5.97 Å². The highest BCUT2D eigenvalue weighted by atomic mass is 16.5. The van der Waals surface area contributed by atoms with Crippen molar-refractivity contribution in [1.29, 1.82) is 0 Å². The molecular formula is C15H18O3. The first kappa shape index (κ1) is 14.2. The monoisotopic (exact) mass is 246 g/mol. The quantitative estimate of drug-likeness (QED) is 0.466. The third kappa shape index (κ3) is 3.29. The summed E-state index contributed by atoms with van der Waals surface area (Å²) in [5, 5.41) is 0. The molecule has 0 amide bonds. The smallest absolute Gasteiger partial charge is 0.333 e. The lowest BCUT2D eigenvalue weighted by atomic mass is 9.97. The number of ketones is 1. The van der Waals surface area contributed by atoms with Crippen LogP contribution in [0.3, 0.4) is 0 Å². The van der Waals surface area contributed by atoms with Crippen molar-refractivity contribution in [3.05, 3.63) is 46.5 Å². The van der Waals surface area contributed by atoms with Crippen LogP contribution in [0.4, 0.5) is 0 Å². The van der Waals surface area contributed by atoms with Gasteiger partial charge in [0.2, 0.25) is 5.78 Å². The number of carbonyl (C=O) groups excluding carboxylic acids is 2. The van der Waals surface area contributed by atoms with E-state index in [1.54, 1.807) is 6.92 Å². The fraction of sp³-hybridized carbons (Fsp3) is 0.333. The van der Waals surface area contributed by atoms with Gasteiger partial charge in [0.25, 0.3) is 0 Å². The molecule has 0 aromatic heterocycles. The number of hydrogen-bond acceptors (Lipinski definition) is 3. The molecule has 0 N–H and O–H groups in total. The van der Waals surface area contributed by atoms with Crippen molar-refractivity contribution >= 4 is 11.8 Å². The Balaban J connectivity index is 2.86. The Kier molecular flexibility index (Phi) is 4.43. The lowest BCUT2D eigenvalue weighted by molar-refractivity contribution is -0.137. The first-order valence-electron chi connectivity index (χ1n) is 5.76. The van der Waals surface area contributed by atoms with Crippen LogP contribution in [0.25, 0.3) is 0 Å². The Morgan fingerprint density at radius 3 is 2.11 bits per heavy atom. The fourth-order valence-corrected chi connectivity index (χ4v) is 1.95. The normalized spacial score (nSPS) is 10.0. The number of carbonyl (C=O) groups is 2. The van der Waals surface area contributed by atoms with E-state index in [9.17, 15) is 9.59 Å². The van der Waals surface area contributed by atoms with Crippen LogP contribution in [0.15, 0.2) is 24.3 Å². The average molecular weight is 246 g/mol. The first-order chi connectivity index (χ1) is 8.32. The average Bonchev–Trinajstić information content (AvgIpc) is 2.24. The van der Waals surface area contributed by atoms with E-state index in [1.807, 2.05) is 32.9 Å². The molecule has 0 radical (unpaired) electrons. The van der Waals surface area contributed by atoms with E-state index in [-0.39, 0.29) is 12.4 Å². The molecule has 0 bridgehead atoms. The van der Waals surface area contributed by atoms with Crippen LogP contribution in [0, 0.1) is 20.8 Å². The molecule has 3 heteroatoms. The summed E-state index contributed by atoms with van der Waals surface area (Å²) >= 11 is 0. The fourth-order valence-electron chi connectivity index (χ4n) is 1.95. The number of ether oxygens (including phenoxy) is 1. The predicted octanol–water partition coefficient (Wildman–Crippen LogP) is 2.91. The van der Waals surface area contributed by atoms with Crippen LogP contribution in [0.2, 0.25) is 0 Å². The molecule has 0 atom stereocenters. The number of Topliss-reactive ketones (excluding diaryl/α,β-unsaturated/α-hetero) is 1. The van der Waals surface area contributed by atoms with E-state index in [4.69, 9.17) is 4.74 Å². The van der Waals surface area contributed by atoms with Crippen molar-refractivity contribution in [3.8, 4) is 0 Å². The van der Waals surface area contributed by atoms with E-state index in [0.717, 1.165) is 16.7 Å². The van der Waals surface area contributed by atoms with Crippen molar-refractivity contribution in [2.75, 3.05) is 6.61 Å². The van der Waals surface area contributed by atoms with Crippen LogP contribution >= 0.6 is 0 Å². The van der Waals surface area contributed by atoms with Crippen LogP contribution in [0.5, 0.6) is 0 Å². The second kappa shape index (κ2) is 5.63. The van der Waals surface area contributed by atoms with Gasteiger partial charge in [-0.05, 0) is 38.8 Å². The minimum Gasteiger partial charge on any atom is -0.454 e. The molecule has 0 unspecified atom stereocenters. The molecular weight excluding hydrogens is 228 g/mol. The molecule has 0 aliphatic rings. The van der Waals surface area contributed by atoms with E-state index in [1.165, 1.54) is 0 Å². The van der Waals surface area contributed by atoms with Crippen molar-refractivity contribution in [2.45, 2.75) is 27.7 Å². The van der Waals surface area contributed by atoms with Gasteiger partial charge in [-0.25, -0.2) is 4.79 Å². The molecule has 1 aromatic rings. The van der Waals surface area contributed by atoms with E-state index in [0.29, 0.717) is 11.1 Å². The summed E-state index contributed by atoms with van der Waals surface area (Å²) in [5.74, 6) is -0.717. The lowest BCUT2D eigenvalue weighted by Crippen LogP contribution is -2.16. The molecule has 18 heavy (non-hydrogen) atoms. The number of esters is 1. The molecule has 96 valence electrons. The Labute approximate surface area is 107 Å². The lowest BCUT2D eigenvalue weighted by Gasteiger charge is -2.10. The van der Waals surface area contributed by atoms with Gasteiger partial charge in [0, 0.05) is 11.1 Å². The Bertz CT molecular complexity index is 489. The summed E-state index contributed by atoms with van der Waals surface area (Å²) < 4.78 is 4.87. The molecule has 0 fully saturated rings. The third-order valence-electron chi connectivity index (χ3n) is 2.64. The van der Waals surface area contributed by atoms with Gasteiger partial charge in [-0.2, -0.15) is 0 Å². The van der Waals surface area contributed by atoms with Gasteiger partial charge in [-0.1, -0.05) is 24.3 Å². The zero-order chi connectivity index (χ0) is 13.9. The van der Waals surface area contributed by atoms with Crippen LogP contribution in [-0.4, -0.2) is 18.4 Å². The molecule has 0 aliphatic carbocycles. The van der Waals surface area contributed by atoms with Crippen molar-refractivity contribution in [2.24, 2.45) is 0 Å². The largest absolute Gasteiger partial charge is 0.454 e. The second-order valence-electron chi connectivity index (χ2n) is 4.55. The van der Waals surface area contributed by atoms with Crippen LogP contribution < -0.4 is 0 Å². The van der Waals surface area contributed by atoms with Crippen LogP contribution in [-0.2, 0) is 9.53 Å². The Morgan fingerprint density at radius 2 is 1.67 bits per heavy atom. The molecule has 0 spiro atoms.